The van der Waals surface area contributed by atoms with Crippen LogP contribution in [0.1, 0.15) is 25.7 Å². The molecule has 2 aliphatic rings. The predicted molar refractivity (Wildman–Crippen MR) is 77.3 cm³/mol. The van der Waals surface area contributed by atoms with E-state index in [1.54, 1.807) is 0 Å². The molecule has 0 saturated carbocycles. The van der Waals surface area contributed by atoms with E-state index >= 15 is 0 Å². The average Bonchev–Trinajstić information content (AvgIpc) is 2.41. The van der Waals surface area contributed by atoms with Crippen molar-refractivity contribution in [3.63, 3.8) is 0 Å². The number of rotatable bonds is 5. The van der Waals surface area contributed by atoms with Crippen LogP contribution in [0.2, 0.25) is 0 Å². The lowest BCUT2D eigenvalue weighted by Gasteiger charge is -2.42. The van der Waals surface area contributed by atoms with Crippen molar-refractivity contribution in [3.8, 4) is 0 Å². The number of hydrogen-bond donors (Lipinski definition) is 1. The van der Waals surface area contributed by atoms with Crippen molar-refractivity contribution in [1.29, 1.82) is 0 Å². The standard InChI is InChI=1S/C15H30N2O2/c1-16(2)11-14-3-7-17(8-4-14)12-15(13-18)5-9-19-10-6-15/h14,18H,3-13H2,1-2H3. The normalized spacial score (nSPS) is 25.9. The van der Waals surface area contributed by atoms with Gasteiger partial charge in [0.2, 0.25) is 0 Å². The summed E-state index contributed by atoms with van der Waals surface area (Å²) in [5.41, 5.74) is 0.104. The van der Waals surface area contributed by atoms with Gasteiger partial charge >= 0.3 is 0 Å². The molecule has 0 amide bonds. The van der Waals surface area contributed by atoms with Crippen LogP contribution < -0.4 is 0 Å². The fraction of sp³-hybridized carbons (Fsp3) is 1.00. The summed E-state index contributed by atoms with van der Waals surface area (Å²) >= 11 is 0. The quantitative estimate of drug-likeness (QED) is 0.810. The molecule has 0 radical (unpaired) electrons. The largest absolute Gasteiger partial charge is 0.396 e. The van der Waals surface area contributed by atoms with E-state index in [1.165, 1.54) is 32.5 Å². The van der Waals surface area contributed by atoms with E-state index in [2.05, 4.69) is 23.9 Å². The maximum absolute atomic E-state index is 9.75. The number of piperidine rings is 1. The molecule has 2 saturated heterocycles. The van der Waals surface area contributed by atoms with Crippen molar-refractivity contribution in [2.24, 2.45) is 11.3 Å². The second-order valence-electron chi connectivity index (χ2n) is 6.75. The minimum absolute atomic E-state index is 0.104. The Kier molecular flexibility index (Phi) is 5.63. The maximum Gasteiger partial charge on any atom is 0.0501 e. The van der Waals surface area contributed by atoms with Crippen LogP contribution in [0.15, 0.2) is 0 Å². The van der Waals surface area contributed by atoms with Gasteiger partial charge in [-0.25, -0.2) is 0 Å². The summed E-state index contributed by atoms with van der Waals surface area (Å²) in [5, 5.41) is 9.75. The van der Waals surface area contributed by atoms with Gasteiger partial charge in [-0.15, -0.1) is 0 Å². The molecule has 4 nitrogen and oxygen atoms in total. The van der Waals surface area contributed by atoms with Gasteiger partial charge in [-0.05, 0) is 58.8 Å². The molecule has 0 aliphatic carbocycles. The third-order valence-corrected chi connectivity index (χ3v) is 4.78. The number of aliphatic hydroxyl groups excluding tert-OH is 1. The van der Waals surface area contributed by atoms with Crippen molar-refractivity contribution in [3.05, 3.63) is 0 Å². The summed E-state index contributed by atoms with van der Waals surface area (Å²) in [6.07, 6.45) is 4.63. The Morgan fingerprint density at radius 2 is 1.84 bits per heavy atom. The molecule has 2 fully saturated rings. The number of hydrogen-bond acceptors (Lipinski definition) is 4. The zero-order valence-electron chi connectivity index (χ0n) is 12.6. The molecule has 2 rings (SSSR count). The number of aliphatic hydroxyl groups is 1. The van der Waals surface area contributed by atoms with E-state index in [0.717, 1.165) is 38.5 Å². The zero-order chi connectivity index (χ0) is 13.7. The molecule has 0 atom stereocenters. The first-order chi connectivity index (χ1) is 9.13. The first-order valence-electron chi connectivity index (χ1n) is 7.69. The molecule has 0 aromatic heterocycles. The minimum atomic E-state index is 0.104. The maximum atomic E-state index is 9.75. The second kappa shape index (κ2) is 7.02. The lowest BCUT2D eigenvalue weighted by atomic mass is 9.80. The molecule has 112 valence electrons. The molecule has 0 aromatic rings. The van der Waals surface area contributed by atoms with Crippen molar-refractivity contribution in [2.75, 3.05) is 60.1 Å². The van der Waals surface area contributed by atoms with Crippen LogP contribution in [0.3, 0.4) is 0 Å². The summed E-state index contributed by atoms with van der Waals surface area (Å²) in [4.78, 5) is 4.86. The molecular formula is C15H30N2O2. The number of likely N-dealkylation sites (tertiary alicyclic amines) is 1. The fourth-order valence-electron chi connectivity index (χ4n) is 3.49. The first kappa shape index (κ1) is 15.2. The molecule has 0 spiro atoms. The molecule has 0 bridgehead atoms. The molecule has 0 aromatic carbocycles. The van der Waals surface area contributed by atoms with Crippen molar-refractivity contribution in [1.82, 2.24) is 9.80 Å². The van der Waals surface area contributed by atoms with Gasteiger partial charge in [0.15, 0.2) is 0 Å². The van der Waals surface area contributed by atoms with Gasteiger partial charge in [0.25, 0.3) is 0 Å². The van der Waals surface area contributed by atoms with E-state index in [4.69, 9.17) is 4.74 Å². The SMILES string of the molecule is CN(C)CC1CCN(CC2(CO)CCOCC2)CC1. The lowest BCUT2D eigenvalue weighted by molar-refractivity contribution is -0.0388. The third-order valence-electron chi connectivity index (χ3n) is 4.78. The molecule has 4 heteroatoms. The van der Waals surface area contributed by atoms with Gasteiger partial charge in [-0.2, -0.15) is 0 Å². The summed E-state index contributed by atoms with van der Waals surface area (Å²) in [7, 11) is 4.32. The van der Waals surface area contributed by atoms with Crippen molar-refractivity contribution in [2.45, 2.75) is 25.7 Å². The molecular weight excluding hydrogens is 240 g/mol. The van der Waals surface area contributed by atoms with Gasteiger partial charge in [0.05, 0.1) is 6.61 Å². The van der Waals surface area contributed by atoms with Crippen LogP contribution in [0.25, 0.3) is 0 Å². The van der Waals surface area contributed by atoms with E-state index < -0.39 is 0 Å². The summed E-state index contributed by atoms with van der Waals surface area (Å²) in [5.74, 6) is 0.853. The first-order valence-corrected chi connectivity index (χ1v) is 7.69. The molecule has 0 unspecified atom stereocenters. The number of ether oxygens (including phenoxy) is 1. The summed E-state index contributed by atoms with van der Waals surface area (Å²) < 4.78 is 5.44. The van der Waals surface area contributed by atoms with E-state index in [-0.39, 0.29) is 5.41 Å². The van der Waals surface area contributed by atoms with E-state index in [1.807, 2.05) is 0 Å². The topological polar surface area (TPSA) is 35.9 Å². The van der Waals surface area contributed by atoms with Crippen molar-refractivity contribution < 1.29 is 9.84 Å². The minimum Gasteiger partial charge on any atom is -0.396 e. The van der Waals surface area contributed by atoms with Gasteiger partial charge in [-0.1, -0.05) is 0 Å². The van der Waals surface area contributed by atoms with Gasteiger partial charge < -0.3 is 19.6 Å². The Labute approximate surface area is 117 Å². The van der Waals surface area contributed by atoms with E-state index in [9.17, 15) is 5.11 Å². The van der Waals surface area contributed by atoms with Crippen LogP contribution in [-0.2, 0) is 4.74 Å². The highest BCUT2D eigenvalue weighted by Crippen LogP contribution is 2.32. The van der Waals surface area contributed by atoms with Crippen molar-refractivity contribution >= 4 is 0 Å². The van der Waals surface area contributed by atoms with Crippen LogP contribution in [0, 0.1) is 11.3 Å². The second-order valence-corrected chi connectivity index (χ2v) is 6.75. The molecule has 1 N–H and O–H groups in total. The molecule has 2 aliphatic heterocycles. The van der Waals surface area contributed by atoms with E-state index in [0.29, 0.717) is 6.61 Å². The summed E-state index contributed by atoms with van der Waals surface area (Å²) in [6.45, 7) is 6.61. The highest BCUT2D eigenvalue weighted by Gasteiger charge is 2.34. The Hall–Kier alpha value is -0.160. The highest BCUT2D eigenvalue weighted by molar-refractivity contribution is 4.86. The smallest absolute Gasteiger partial charge is 0.0501 e. The zero-order valence-corrected chi connectivity index (χ0v) is 12.6. The highest BCUT2D eigenvalue weighted by atomic mass is 16.5. The fourth-order valence-corrected chi connectivity index (χ4v) is 3.49. The Bertz CT molecular complexity index is 257. The third kappa shape index (κ3) is 4.42. The molecule has 19 heavy (non-hydrogen) atoms. The monoisotopic (exact) mass is 270 g/mol. The number of nitrogens with zero attached hydrogens (tertiary/aromatic N) is 2. The summed E-state index contributed by atoms with van der Waals surface area (Å²) in [6, 6.07) is 0. The Balaban J connectivity index is 1.77. The van der Waals surface area contributed by atoms with Crippen LogP contribution in [0.5, 0.6) is 0 Å². The van der Waals surface area contributed by atoms with Gasteiger partial charge in [-0.3, -0.25) is 0 Å². The average molecular weight is 270 g/mol. The molecule has 2 heterocycles. The van der Waals surface area contributed by atoms with Crippen LogP contribution in [-0.4, -0.2) is 75.0 Å². The van der Waals surface area contributed by atoms with Crippen LogP contribution >= 0.6 is 0 Å². The Morgan fingerprint density at radius 1 is 1.21 bits per heavy atom. The van der Waals surface area contributed by atoms with Gasteiger partial charge in [0.1, 0.15) is 0 Å². The lowest BCUT2D eigenvalue weighted by Crippen LogP contribution is -2.47. The van der Waals surface area contributed by atoms with Gasteiger partial charge in [0, 0.05) is 31.7 Å². The van der Waals surface area contributed by atoms with Crippen LogP contribution in [0.4, 0.5) is 0 Å². The predicted octanol–water partition coefficient (Wildman–Crippen LogP) is 1.05. The Morgan fingerprint density at radius 3 is 2.37 bits per heavy atom.